The van der Waals surface area contributed by atoms with Crippen molar-refractivity contribution in [1.82, 2.24) is 10.2 Å². The van der Waals surface area contributed by atoms with Crippen molar-refractivity contribution in [2.45, 2.75) is 10.5 Å². The summed E-state index contributed by atoms with van der Waals surface area (Å²) in [6.45, 7) is 0. The molecule has 0 bridgehead atoms. The molecule has 1 amide bonds. The van der Waals surface area contributed by atoms with Gasteiger partial charge in [0, 0.05) is 5.56 Å². The van der Waals surface area contributed by atoms with Gasteiger partial charge in [-0.2, -0.15) is 0 Å². The summed E-state index contributed by atoms with van der Waals surface area (Å²) >= 11 is 1.13. The number of rotatable bonds is 6. The molecule has 0 radical (unpaired) electrons. The van der Waals surface area contributed by atoms with Crippen LogP contribution in [0.1, 0.15) is 10.8 Å². The number of amides is 1. The van der Waals surface area contributed by atoms with Gasteiger partial charge in [-0.1, -0.05) is 30.3 Å². The van der Waals surface area contributed by atoms with Crippen molar-refractivity contribution in [3.05, 3.63) is 60.2 Å². The first-order valence-corrected chi connectivity index (χ1v) is 8.04. The Balaban J connectivity index is 1.80. The summed E-state index contributed by atoms with van der Waals surface area (Å²) in [6, 6.07) is 16.5. The zero-order chi connectivity index (χ0) is 16.9. The summed E-state index contributed by atoms with van der Waals surface area (Å²) in [5, 5.41) is 7.71. The van der Waals surface area contributed by atoms with Crippen molar-refractivity contribution in [2.75, 3.05) is 7.11 Å². The number of hydrogen-bond acceptors (Lipinski definition) is 6. The molecule has 7 heteroatoms. The molecule has 6 nitrogen and oxygen atoms in total. The van der Waals surface area contributed by atoms with Gasteiger partial charge in [0.05, 0.1) is 7.11 Å². The number of nitrogens with zero attached hydrogens (tertiary/aromatic N) is 2. The van der Waals surface area contributed by atoms with Gasteiger partial charge in [0.25, 0.3) is 5.22 Å². The number of nitrogens with two attached hydrogens (primary N) is 1. The topological polar surface area (TPSA) is 91.2 Å². The van der Waals surface area contributed by atoms with Crippen LogP contribution < -0.4 is 10.5 Å². The second kappa shape index (κ2) is 7.18. The highest BCUT2D eigenvalue weighted by Gasteiger charge is 2.22. The second-order valence-electron chi connectivity index (χ2n) is 4.91. The van der Waals surface area contributed by atoms with E-state index in [2.05, 4.69) is 10.2 Å². The largest absolute Gasteiger partial charge is 0.497 e. The zero-order valence-electron chi connectivity index (χ0n) is 12.9. The number of methoxy groups -OCH3 is 1. The Labute approximate surface area is 143 Å². The van der Waals surface area contributed by atoms with Gasteiger partial charge in [-0.25, -0.2) is 0 Å². The fourth-order valence-corrected chi connectivity index (χ4v) is 2.95. The Morgan fingerprint density at radius 3 is 2.46 bits per heavy atom. The van der Waals surface area contributed by atoms with E-state index in [4.69, 9.17) is 14.9 Å². The van der Waals surface area contributed by atoms with Crippen LogP contribution in [0.4, 0.5) is 0 Å². The highest BCUT2D eigenvalue weighted by Crippen LogP contribution is 2.35. The van der Waals surface area contributed by atoms with E-state index in [1.165, 1.54) is 0 Å². The maximum atomic E-state index is 11.7. The predicted octanol–water partition coefficient (Wildman–Crippen LogP) is 3.06. The maximum absolute atomic E-state index is 11.7. The average Bonchev–Trinajstić information content (AvgIpc) is 3.09. The number of benzene rings is 2. The molecule has 2 N–H and O–H groups in total. The lowest BCUT2D eigenvalue weighted by atomic mass is 10.1. The Hall–Kier alpha value is -2.80. The lowest BCUT2D eigenvalue weighted by molar-refractivity contribution is -0.117. The third kappa shape index (κ3) is 3.57. The first-order valence-electron chi connectivity index (χ1n) is 7.16. The average molecular weight is 341 g/mol. The number of thioether (sulfide) groups is 1. The van der Waals surface area contributed by atoms with E-state index in [1.54, 1.807) is 7.11 Å². The molecule has 0 fully saturated rings. The SMILES string of the molecule is COc1ccc(-c2nnc(S[C@@H](C(N)=O)c3ccccc3)o2)cc1. The van der Waals surface area contributed by atoms with Crippen molar-refractivity contribution in [3.63, 3.8) is 0 Å². The van der Waals surface area contributed by atoms with E-state index in [9.17, 15) is 4.79 Å². The number of carbonyl (C=O) groups excluding carboxylic acids is 1. The van der Waals surface area contributed by atoms with E-state index in [-0.39, 0.29) is 5.22 Å². The van der Waals surface area contributed by atoms with Crippen LogP contribution in [0, 0.1) is 0 Å². The summed E-state index contributed by atoms with van der Waals surface area (Å²) in [7, 11) is 1.60. The van der Waals surface area contributed by atoms with Gasteiger partial charge in [-0.15, -0.1) is 10.2 Å². The van der Waals surface area contributed by atoms with Crippen LogP contribution >= 0.6 is 11.8 Å². The predicted molar refractivity (Wildman–Crippen MR) is 90.5 cm³/mol. The number of aromatic nitrogens is 2. The molecule has 1 atom stereocenters. The third-order valence-electron chi connectivity index (χ3n) is 3.32. The van der Waals surface area contributed by atoms with Crippen molar-refractivity contribution in [3.8, 4) is 17.2 Å². The highest BCUT2D eigenvalue weighted by molar-refractivity contribution is 8.00. The van der Waals surface area contributed by atoms with Crippen LogP contribution in [-0.2, 0) is 4.79 Å². The molecule has 1 heterocycles. The molecule has 3 aromatic rings. The van der Waals surface area contributed by atoms with Gasteiger partial charge in [-0.05, 0) is 41.6 Å². The van der Waals surface area contributed by atoms with Gasteiger partial charge in [0.2, 0.25) is 11.8 Å². The molecule has 122 valence electrons. The zero-order valence-corrected chi connectivity index (χ0v) is 13.7. The molecule has 0 aliphatic carbocycles. The molecule has 0 saturated heterocycles. The maximum Gasteiger partial charge on any atom is 0.277 e. The Morgan fingerprint density at radius 1 is 1.12 bits per heavy atom. The monoisotopic (exact) mass is 341 g/mol. The smallest absolute Gasteiger partial charge is 0.277 e. The number of carbonyl (C=O) groups is 1. The van der Waals surface area contributed by atoms with E-state index >= 15 is 0 Å². The quantitative estimate of drug-likeness (QED) is 0.693. The van der Waals surface area contributed by atoms with Crippen molar-refractivity contribution >= 4 is 17.7 Å². The summed E-state index contributed by atoms with van der Waals surface area (Å²) in [5.74, 6) is 0.651. The number of hydrogen-bond donors (Lipinski definition) is 1. The summed E-state index contributed by atoms with van der Waals surface area (Å²) < 4.78 is 10.8. The van der Waals surface area contributed by atoms with Crippen LogP contribution in [0.3, 0.4) is 0 Å². The van der Waals surface area contributed by atoms with Crippen LogP contribution in [-0.4, -0.2) is 23.2 Å². The number of primary amides is 1. The van der Waals surface area contributed by atoms with E-state index in [1.807, 2.05) is 54.6 Å². The molecular formula is C17H15N3O3S. The Bertz CT molecular complexity index is 819. The van der Waals surface area contributed by atoms with E-state index < -0.39 is 11.2 Å². The van der Waals surface area contributed by atoms with Gasteiger partial charge in [-0.3, -0.25) is 4.79 Å². The van der Waals surface area contributed by atoms with Crippen LogP contribution in [0.25, 0.3) is 11.5 Å². The fraction of sp³-hybridized carbons (Fsp3) is 0.118. The van der Waals surface area contributed by atoms with Crippen LogP contribution in [0.5, 0.6) is 5.75 Å². The molecule has 2 aromatic carbocycles. The molecule has 0 unspecified atom stereocenters. The lowest BCUT2D eigenvalue weighted by Gasteiger charge is -2.10. The molecule has 0 saturated carbocycles. The standard InChI is InChI=1S/C17H15N3O3S/c1-22-13-9-7-12(8-10-13)16-19-20-17(23-16)24-14(15(18)21)11-5-3-2-4-6-11/h2-10,14H,1H3,(H2,18,21)/t14-/m1/s1. The van der Waals surface area contributed by atoms with Crippen molar-refractivity contribution < 1.29 is 13.9 Å². The highest BCUT2D eigenvalue weighted by atomic mass is 32.2. The van der Waals surface area contributed by atoms with Gasteiger partial charge < -0.3 is 14.9 Å². The summed E-state index contributed by atoms with van der Waals surface area (Å²) in [5.41, 5.74) is 7.06. The Kier molecular flexibility index (Phi) is 4.81. The van der Waals surface area contributed by atoms with Crippen LogP contribution in [0.2, 0.25) is 0 Å². The molecule has 0 aliphatic heterocycles. The third-order valence-corrected chi connectivity index (χ3v) is 4.43. The Morgan fingerprint density at radius 2 is 1.83 bits per heavy atom. The van der Waals surface area contributed by atoms with E-state index in [0.29, 0.717) is 5.89 Å². The van der Waals surface area contributed by atoms with Gasteiger partial charge in [0.15, 0.2) is 0 Å². The first kappa shape index (κ1) is 16.1. The summed E-state index contributed by atoms with van der Waals surface area (Å²) in [6.07, 6.45) is 0. The number of ether oxygens (including phenoxy) is 1. The van der Waals surface area contributed by atoms with Gasteiger partial charge >= 0.3 is 0 Å². The molecule has 0 spiro atoms. The minimum Gasteiger partial charge on any atom is -0.497 e. The van der Waals surface area contributed by atoms with E-state index in [0.717, 1.165) is 28.6 Å². The first-order chi connectivity index (χ1) is 11.7. The molecule has 3 rings (SSSR count). The molecule has 1 aromatic heterocycles. The minimum atomic E-state index is -0.588. The fourth-order valence-electron chi connectivity index (χ4n) is 2.13. The second-order valence-corrected chi connectivity index (χ2v) is 5.97. The lowest BCUT2D eigenvalue weighted by Crippen LogP contribution is -2.18. The van der Waals surface area contributed by atoms with Crippen LogP contribution in [0.15, 0.2) is 64.2 Å². The molecule has 24 heavy (non-hydrogen) atoms. The van der Waals surface area contributed by atoms with Gasteiger partial charge in [0.1, 0.15) is 11.0 Å². The molecular weight excluding hydrogens is 326 g/mol. The van der Waals surface area contributed by atoms with Crippen molar-refractivity contribution in [2.24, 2.45) is 5.73 Å². The minimum absolute atomic E-state index is 0.286. The molecule has 0 aliphatic rings. The normalized spacial score (nSPS) is 11.9. The van der Waals surface area contributed by atoms with Crippen molar-refractivity contribution in [1.29, 1.82) is 0 Å². The summed E-state index contributed by atoms with van der Waals surface area (Å²) in [4.78, 5) is 11.7.